The van der Waals surface area contributed by atoms with E-state index < -0.39 is 0 Å². The van der Waals surface area contributed by atoms with Crippen LogP contribution in [0.4, 0.5) is 5.69 Å². The van der Waals surface area contributed by atoms with Crippen molar-refractivity contribution in [2.45, 2.75) is 46.1 Å². The summed E-state index contributed by atoms with van der Waals surface area (Å²) in [5.74, 6) is 0.786. The lowest BCUT2D eigenvalue weighted by Crippen LogP contribution is -2.45. The van der Waals surface area contributed by atoms with Gasteiger partial charge in [-0.25, -0.2) is 0 Å². The Balaban J connectivity index is 1.91. The third kappa shape index (κ3) is 2.00. The molecule has 1 N–H and O–H groups in total. The predicted octanol–water partition coefficient (Wildman–Crippen LogP) is 4.06. The van der Waals surface area contributed by atoms with Crippen LogP contribution in [0.3, 0.4) is 0 Å². The lowest BCUT2D eigenvalue weighted by Gasteiger charge is -2.43. The SMILES string of the molecule is CC1(C)C(Nc2ccc(C#N)c(C#N)c2)[C@]2(C)CC[C@H]1C2. The first-order valence-electron chi connectivity index (χ1n) is 7.61. The summed E-state index contributed by atoms with van der Waals surface area (Å²) in [6, 6.07) is 10.1. The predicted molar refractivity (Wildman–Crippen MR) is 82.5 cm³/mol. The summed E-state index contributed by atoms with van der Waals surface area (Å²) in [6.45, 7) is 7.09. The molecule has 108 valence electrons. The van der Waals surface area contributed by atoms with Gasteiger partial charge in [-0.15, -0.1) is 0 Å². The van der Waals surface area contributed by atoms with Gasteiger partial charge in [-0.3, -0.25) is 0 Å². The zero-order chi connectivity index (χ0) is 15.3. The summed E-state index contributed by atoms with van der Waals surface area (Å²) in [6.07, 6.45) is 3.90. The molecule has 0 amide bonds. The molecule has 2 bridgehead atoms. The second-order valence-electron chi connectivity index (χ2n) is 7.48. The molecule has 0 saturated heterocycles. The standard InChI is InChI=1S/C18H21N3/c1-17(2)14-6-7-18(3,9-14)16(17)21-15-5-4-12(10-19)13(8-15)11-20/h4-5,8,14,16,21H,6-7,9H2,1-3H3/t14-,16?,18+/m0/s1. The molecule has 2 fully saturated rings. The fourth-order valence-electron chi connectivity index (χ4n) is 4.65. The number of benzene rings is 1. The van der Waals surface area contributed by atoms with E-state index in [0.717, 1.165) is 11.6 Å². The lowest BCUT2D eigenvalue weighted by molar-refractivity contribution is 0.155. The van der Waals surface area contributed by atoms with Gasteiger partial charge in [0.1, 0.15) is 12.1 Å². The van der Waals surface area contributed by atoms with E-state index in [0.29, 0.717) is 22.6 Å². The summed E-state index contributed by atoms with van der Waals surface area (Å²) >= 11 is 0. The number of nitrogens with zero attached hydrogens (tertiary/aromatic N) is 2. The van der Waals surface area contributed by atoms with Crippen LogP contribution in [0.2, 0.25) is 0 Å². The first-order chi connectivity index (χ1) is 9.90. The zero-order valence-electron chi connectivity index (χ0n) is 12.9. The zero-order valence-corrected chi connectivity index (χ0v) is 12.9. The number of hydrogen-bond donors (Lipinski definition) is 1. The maximum Gasteiger partial charge on any atom is 0.101 e. The minimum atomic E-state index is 0.272. The first kappa shape index (κ1) is 14.0. The van der Waals surface area contributed by atoms with Gasteiger partial charge in [0.25, 0.3) is 0 Å². The minimum absolute atomic E-state index is 0.272. The van der Waals surface area contributed by atoms with Crippen molar-refractivity contribution in [1.82, 2.24) is 0 Å². The first-order valence-corrected chi connectivity index (χ1v) is 7.61. The maximum absolute atomic E-state index is 9.16. The molecule has 3 heteroatoms. The van der Waals surface area contributed by atoms with Gasteiger partial charge in [-0.05, 0) is 54.2 Å². The Morgan fingerprint density at radius 2 is 1.86 bits per heavy atom. The summed E-state index contributed by atoms with van der Waals surface area (Å²) in [5, 5.41) is 21.8. The number of fused-ring (bicyclic) bond motifs is 2. The molecule has 0 radical (unpaired) electrons. The van der Waals surface area contributed by atoms with Crippen molar-refractivity contribution >= 4 is 5.69 Å². The molecule has 0 spiro atoms. The molecule has 0 heterocycles. The number of nitrogens with one attached hydrogen (secondary N) is 1. The molecule has 3 atom stereocenters. The Hall–Kier alpha value is -2.00. The fourth-order valence-corrected chi connectivity index (χ4v) is 4.65. The van der Waals surface area contributed by atoms with Crippen LogP contribution >= 0.6 is 0 Å². The Morgan fingerprint density at radius 3 is 2.43 bits per heavy atom. The third-order valence-electron chi connectivity index (χ3n) is 5.84. The molecule has 1 aromatic rings. The second-order valence-corrected chi connectivity index (χ2v) is 7.48. The number of nitriles is 2. The lowest BCUT2D eigenvalue weighted by atomic mass is 9.68. The molecule has 1 aromatic carbocycles. The van der Waals surface area contributed by atoms with Crippen molar-refractivity contribution in [3.63, 3.8) is 0 Å². The van der Waals surface area contributed by atoms with Gasteiger partial charge in [0.15, 0.2) is 0 Å². The van der Waals surface area contributed by atoms with Crippen molar-refractivity contribution in [2.75, 3.05) is 5.32 Å². The van der Waals surface area contributed by atoms with Crippen LogP contribution in [0, 0.1) is 39.4 Å². The van der Waals surface area contributed by atoms with E-state index in [1.165, 1.54) is 19.3 Å². The van der Waals surface area contributed by atoms with Crippen molar-refractivity contribution in [3.05, 3.63) is 29.3 Å². The maximum atomic E-state index is 9.16. The highest BCUT2D eigenvalue weighted by molar-refractivity contribution is 5.57. The number of rotatable bonds is 2. The monoisotopic (exact) mass is 279 g/mol. The molecule has 21 heavy (non-hydrogen) atoms. The van der Waals surface area contributed by atoms with E-state index in [4.69, 9.17) is 10.5 Å². The van der Waals surface area contributed by atoms with Gasteiger partial charge in [-0.1, -0.05) is 20.8 Å². The van der Waals surface area contributed by atoms with Crippen LogP contribution in [0.1, 0.15) is 51.2 Å². The minimum Gasteiger partial charge on any atom is -0.381 e. The molecular formula is C18H21N3. The average Bonchev–Trinajstić information content (AvgIpc) is 2.94. The second kappa shape index (κ2) is 4.50. The quantitative estimate of drug-likeness (QED) is 0.888. The highest BCUT2D eigenvalue weighted by Crippen LogP contribution is 2.63. The Kier molecular flexibility index (Phi) is 2.99. The average molecular weight is 279 g/mol. The van der Waals surface area contributed by atoms with Gasteiger partial charge in [0.2, 0.25) is 0 Å². The highest BCUT2D eigenvalue weighted by atomic mass is 15.0. The smallest absolute Gasteiger partial charge is 0.101 e. The summed E-state index contributed by atoms with van der Waals surface area (Å²) in [4.78, 5) is 0. The van der Waals surface area contributed by atoms with Crippen molar-refractivity contribution in [3.8, 4) is 12.1 Å². The summed E-state index contributed by atoms with van der Waals surface area (Å²) in [5.41, 5.74) is 2.47. The van der Waals surface area contributed by atoms with Crippen molar-refractivity contribution in [1.29, 1.82) is 10.5 Å². The molecule has 0 aliphatic heterocycles. The van der Waals surface area contributed by atoms with Crippen LogP contribution < -0.4 is 5.32 Å². The number of anilines is 1. The molecule has 3 nitrogen and oxygen atoms in total. The summed E-state index contributed by atoms with van der Waals surface area (Å²) in [7, 11) is 0. The Morgan fingerprint density at radius 1 is 1.14 bits per heavy atom. The third-order valence-corrected chi connectivity index (χ3v) is 5.84. The number of hydrogen-bond acceptors (Lipinski definition) is 3. The van der Waals surface area contributed by atoms with Gasteiger partial charge < -0.3 is 5.32 Å². The van der Waals surface area contributed by atoms with Crippen LogP contribution in [0.25, 0.3) is 0 Å². The molecule has 2 aliphatic rings. The largest absolute Gasteiger partial charge is 0.381 e. The van der Waals surface area contributed by atoms with Crippen molar-refractivity contribution < 1.29 is 0 Å². The molecule has 1 unspecified atom stereocenters. The van der Waals surface area contributed by atoms with Crippen LogP contribution in [-0.4, -0.2) is 6.04 Å². The normalized spacial score (nSPS) is 32.4. The van der Waals surface area contributed by atoms with E-state index in [1.807, 2.05) is 12.1 Å². The highest BCUT2D eigenvalue weighted by Gasteiger charge is 2.59. The van der Waals surface area contributed by atoms with Crippen molar-refractivity contribution in [2.24, 2.45) is 16.7 Å². The van der Waals surface area contributed by atoms with E-state index in [1.54, 1.807) is 6.07 Å². The molecule has 3 rings (SSSR count). The van der Waals surface area contributed by atoms with E-state index in [9.17, 15) is 0 Å². The van der Waals surface area contributed by atoms with Crippen LogP contribution in [-0.2, 0) is 0 Å². The topological polar surface area (TPSA) is 59.6 Å². The Labute approximate surface area is 126 Å². The van der Waals surface area contributed by atoms with E-state index in [2.05, 4.69) is 38.2 Å². The van der Waals surface area contributed by atoms with Crippen LogP contribution in [0.5, 0.6) is 0 Å². The van der Waals surface area contributed by atoms with Gasteiger partial charge >= 0.3 is 0 Å². The van der Waals surface area contributed by atoms with E-state index in [-0.39, 0.29) is 5.41 Å². The van der Waals surface area contributed by atoms with Gasteiger partial charge in [-0.2, -0.15) is 10.5 Å². The van der Waals surface area contributed by atoms with Gasteiger partial charge in [0, 0.05) is 11.7 Å². The van der Waals surface area contributed by atoms with E-state index >= 15 is 0 Å². The molecule has 0 aromatic heterocycles. The van der Waals surface area contributed by atoms with Crippen LogP contribution in [0.15, 0.2) is 18.2 Å². The molecule has 2 saturated carbocycles. The molecular weight excluding hydrogens is 258 g/mol. The molecule has 2 aliphatic carbocycles. The summed E-state index contributed by atoms with van der Waals surface area (Å²) < 4.78 is 0. The Bertz CT molecular complexity index is 657. The van der Waals surface area contributed by atoms with Gasteiger partial charge in [0.05, 0.1) is 11.1 Å². The fraction of sp³-hybridized carbons (Fsp3) is 0.556.